The average molecular weight is 621 g/mol. The van der Waals surface area contributed by atoms with Gasteiger partial charge in [0.25, 0.3) is 0 Å². The van der Waals surface area contributed by atoms with Gasteiger partial charge in [-0.05, 0) is 35.1 Å². The highest BCUT2D eigenvalue weighted by atomic mass is 16.5. The van der Waals surface area contributed by atoms with Crippen molar-refractivity contribution in [3.05, 3.63) is 64.1 Å². The number of hydrogen-bond acceptors (Lipinski definition) is 11. The van der Waals surface area contributed by atoms with E-state index in [9.17, 15) is 9.59 Å². The number of nitrogens with two attached hydrogens (primary N) is 1. The van der Waals surface area contributed by atoms with E-state index in [1.807, 2.05) is 24.3 Å². The summed E-state index contributed by atoms with van der Waals surface area (Å²) in [6.45, 7) is 10.1. The number of imidazole rings is 1. The summed E-state index contributed by atoms with van der Waals surface area (Å²) in [7, 11) is 3.02. The monoisotopic (exact) mass is 620 g/mol. The topological polar surface area (TPSA) is 153 Å². The van der Waals surface area contributed by atoms with Gasteiger partial charge in [0, 0.05) is 52.9 Å². The number of aromatic amines is 1. The Morgan fingerprint density at radius 3 is 2.69 bits per heavy atom. The van der Waals surface area contributed by atoms with E-state index in [1.54, 1.807) is 11.7 Å². The molecule has 13 heteroatoms. The lowest BCUT2D eigenvalue weighted by molar-refractivity contribution is -0.139. The summed E-state index contributed by atoms with van der Waals surface area (Å²) in [6, 6.07) is 7.62. The summed E-state index contributed by atoms with van der Waals surface area (Å²) in [5.41, 5.74) is 8.73. The number of nitrogens with zero attached hydrogens (tertiary/aromatic N) is 5. The van der Waals surface area contributed by atoms with Gasteiger partial charge in [-0.2, -0.15) is 9.97 Å². The summed E-state index contributed by atoms with van der Waals surface area (Å²) >= 11 is 0. The molecule has 3 heterocycles. The first-order valence-electron chi connectivity index (χ1n) is 15.4. The molecule has 0 bridgehead atoms. The molecule has 0 radical (unpaired) electrons. The number of nitrogen functional groups attached to an aromatic ring is 1. The van der Waals surface area contributed by atoms with Gasteiger partial charge in [0.1, 0.15) is 17.9 Å². The van der Waals surface area contributed by atoms with E-state index in [2.05, 4.69) is 55.2 Å². The number of aromatic nitrogens is 4. The lowest BCUT2D eigenvalue weighted by Gasteiger charge is -2.37. The second-order valence-corrected chi connectivity index (χ2v) is 11.6. The maximum atomic E-state index is 12.8. The van der Waals surface area contributed by atoms with E-state index >= 15 is 0 Å². The SMILES string of the molecule is COCCNc1nc(N)c2[nH]c(=O)n(CC3=CC(C)C(CN4CCN(CCOc5cccc(CC(=O)OC)c5)CC4)C=C3)c2n1. The van der Waals surface area contributed by atoms with Gasteiger partial charge < -0.3 is 35.1 Å². The summed E-state index contributed by atoms with van der Waals surface area (Å²) in [6.07, 6.45) is 6.90. The Morgan fingerprint density at radius 2 is 1.93 bits per heavy atom. The number of allylic oxidation sites excluding steroid dienone is 3. The molecule has 1 saturated heterocycles. The maximum Gasteiger partial charge on any atom is 0.328 e. The van der Waals surface area contributed by atoms with Crippen molar-refractivity contribution < 1.29 is 19.0 Å². The first-order valence-corrected chi connectivity index (χ1v) is 15.4. The van der Waals surface area contributed by atoms with Gasteiger partial charge in [-0.25, -0.2) is 4.79 Å². The molecule has 0 spiro atoms. The third-order valence-electron chi connectivity index (χ3n) is 8.38. The number of esters is 1. The molecule has 1 fully saturated rings. The van der Waals surface area contributed by atoms with Crippen LogP contribution in [-0.2, 0) is 27.2 Å². The molecule has 2 aliphatic rings. The molecule has 1 aromatic carbocycles. The van der Waals surface area contributed by atoms with E-state index in [1.165, 1.54) is 7.11 Å². The molecule has 45 heavy (non-hydrogen) atoms. The molecule has 2 aromatic heterocycles. The summed E-state index contributed by atoms with van der Waals surface area (Å²) < 4.78 is 17.4. The number of ether oxygens (including phenoxy) is 3. The molecule has 0 amide bonds. The Balaban J connectivity index is 1.08. The summed E-state index contributed by atoms with van der Waals surface area (Å²) in [5, 5.41) is 3.09. The standard InChI is InChI=1S/C32H44N8O5/c1-22-17-24(20-40-30-28(35-32(40)42)29(33)36-31(37-30)34-9-15-43-2)7-8-25(22)21-39-12-10-38(11-13-39)14-16-45-26-6-4-5-23(18-26)19-27(41)44-3/h4-8,17-18,22,25H,9-16,19-21H2,1-3H3,(H,35,42)(H3,33,34,36,37). The molecule has 2 unspecified atom stereocenters. The molecular weight excluding hydrogens is 576 g/mol. The van der Waals surface area contributed by atoms with Crippen molar-refractivity contribution >= 4 is 28.9 Å². The van der Waals surface area contributed by atoms with Gasteiger partial charge in [0.15, 0.2) is 11.5 Å². The van der Waals surface area contributed by atoms with Crippen molar-refractivity contribution in [3.8, 4) is 5.75 Å². The van der Waals surface area contributed by atoms with Crippen LogP contribution in [0.4, 0.5) is 11.8 Å². The number of carbonyl (C=O) groups excluding carboxylic acids is 1. The molecule has 3 aromatic rings. The van der Waals surface area contributed by atoms with Crippen molar-refractivity contribution in [2.45, 2.75) is 19.9 Å². The minimum atomic E-state index is -0.264. The second kappa shape index (κ2) is 15.2. The quantitative estimate of drug-likeness (QED) is 0.179. The van der Waals surface area contributed by atoms with Crippen LogP contribution in [0.1, 0.15) is 12.5 Å². The van der Waals surface area contributed by atoms with Crippen molar-refractivity contribution in [2.24, 2.45) is 11.8 Å². The molecule has 0 saturated carbocycles. The van der Waals surface area contributed by atoms with E-state index in [-0.39, 0.29) is 23.9 Å². The largest absolute Gasteiger partial charge is 0.492 e. The highest BCUT2D eigenvalue weighted by molar-refractivity contribution is 5.83. The summed E-state index contributed by atoms with van der Waals surface area (Å²) in [5.74, 6) is 1.83. The molecule has 13 nitrogen and oxygen atoms in total. The fraction of sp³-hybridized carbons (Fsp3) is 0.500. The fourth-order valence-electron chi connectivity index (χ4n) is 5.77. The lowest BCUT2D eigenvalue weighted by atomic mass is 9.86. The van der Waals surface area contributed by atoms with E-state index in [4.69, 9.17) is 19.9 Å². The number of rotatable bonds is 14. The zero-order chi connectivity index (χ0) is 31.8. The number of carbonyl (C=O) groups is 1. The summed E-state index contributed by atoms with van der Waals surface area (Å²) in [4.78, 5) is 41.0. The van der Waals surface area contributed by atoms with Gasteiger partial charge in [-0.3, -0.25) is 14.3 Å². The molecule has 2 atom stereocenters. The number of nitrogens with one attached hydrogen (secondary N) is 2. The van der Waals surface area contributed by atoms with Crippen molar-refractivity contribution in [1.29, 1.82) is 0 Å². The van der Waals surface area contributed by atoms with Gasteiger partial charge in [0.2, 0.25) is 5.95 Å². The number of methoxy groups -OCH3 is 2. The minimum absolute atomic E-state index is 0.229. The maximum absolute atomic E-state index is 12.8. The Kier molecular flexibility index (Phi) is 10.9. The average Bonchev–Trinajstić information content (AvgIpc) is 3.34. The highest BCUT2D eigenvalue weighted by Gasteiger charge is 2.24. The highest BCUT2D eigenvalue weighted by Crippen LogP contribution is 2.26. The predicted octanol–water partition coefficient (Wildman–Crippen LogP) is 1.92. The molecule has 1 aliphatic carbocycles. The van der Waals surface area contributed by atoms with Crippen LogP contribution >= 0.6 is 0 Å². The normalized spacial score (nSPS) is 19.0. The zero-order valence-corrected chi connectivity index (χ0v) is 26.3. The van der Waals surface area contributed by atoms with Crippen LogP contribution in [0.15, 0.2) is 52.9 Å². The first-order chi connectivity index (χ1) is 21.8. The molecule has 242 valence electrons. The van der Waals surface area contributed by atoms with Crippen molar-refractivity contribution in [1.82, 2.24) is 29.3 Å². The Hall–Kier alpha value is -4.20. The van der Waals surface area contributed by atoms with Gasteiger partial charge in [-0.1, -0.05) is 37.3 Å². The lowest BCUT2D eigenvalue weighted by Crippen LogP contribution is -2.49. The second-order valence-electron chi connectivity index (χ2n) is 11.6. The van der Waals surface area contributed by atoms with Crippen LogP contribution < -0.4 is 21.5 Å². The fourth-order valence-corrected chi connectivity index (χ4v) is 5.77. The van der Waals surface area contributed by atoms with Crippen LogP contribution in [0.25, 0.3) is 11.2 Å². The number of hydrogen-bond donors (Lipinski definition) is 3. The van der Waals surface area contributed by atoms with Gasteiger partial charge in [0.05, 0.1) is 26.7 Å². The number of piperazine rings is 1. The number of anilines is 2. The van der Waals surface area contributed by atoms with Crippen LogP contribution in [0.5, 0.6) is 5.75 Å². The third kappa shape index (κ3) is 8.50. The first kappa shape index (κ1) is 32.2. The number of H-pyrrole nitrogens is 1. The van der Waals surface area contributed by atoms with Crippen molar-refractivity contribution in [3.63, 3.8) is 0 Å². The minimum Gasteiger partial charge on any atom is -0.492 e. The van der Waals surface area contributed by atoms with E-state index in [0.717, 1.165) is 56.2 Å². The van der Waals surface area contributed by atoms with Crippen LogP contribution in [-0.4, -0.2) is 109 Å². The number of fused-ring (bicyclic) bond motifs is 1. The molecule has 4 N–H and O–H groups in total. The molecular formula is C32H44N8O5. The van der Waals surface area contributed by atoms with Crippen LogP contribution in [0.2, 0.25) is 0 Å². The molecule has 5 rings (SSSR count). The predicted molar refractivity (Wildman–Crippen MR) is 173 cm³/mol. The Morgan fingerprint density at radius 1 is 1.13 bits per heavy atom. The van der Waals surface area contributed by atoms with Crippen molar-refractivity contribution in [2.75, 3.05) is 84.3 Å². The molecule has 1 aliphatic heterocycles. The van der Waals surface area contributed by atoms with Gasteiger partial charge >= 0.3 is 11.7 Å². The van der Waals surface area contributed by atoms with Crippen LogP contribution in [0.3, 0.4) is 0 Å². The Bertz CT molecular complexity index is 1570. The number of benzene rings is 1. The Labute approximate surface area is 263 Å². The van der Waals surface area contributed by atoms with E-state index in [0.29, 0.717) is 55.3 Å². The zero-order valence-electron chi connectivity index (χ0n) is 26.3. The smallest absolute Gasteiger partial charge is 0.328 e. The van der Waals surface area contributed by atoms with Crippen LogP contribution in [0, 0.1) is 11.8 Å². The third-order valence-corrected chi connectivity index (χ3v) is 8.38. The van der Waals surface area contributed by atoms with Gasteiger partial charge in [-0.15, -0.1) is 0 Å². The van der Waals surface area contributed by atoms with E-state index < -0.39 is 0 Å².